The third-order valence-electron chi connectivity index (χ3n) is 2.28. The van der Waals surface area contributed by atoms with Gasteiger partial charge in [-0.1, -0.05) is 0 Å². The molecule has 0 spiro atoms. The Balaban J connectivity index is 2.32. The highest BCUT2D eigenvalue weighted by molar-refractivity contribution is 5.87. The zero-order valence-electron chi connectivity index (χ0n) is 9.60. The topological polar surface area (TPSA) is 44.8 Å². The number of rotatable bonds is 3. The van der Waals surface area contributed by atoms with E-state index in [2.05, 4.69) is 0 Å². The van der Waals surface area contributed by atoms with Crippen LogP contribution in [0, 0.1) is 0 Å². The first-order valence-electron chi connectivity index (χ1n) is 5.06. The Bertz CT molecular complexity index is 478. The molecule has 4 heteroatoms. The highest BCUT2D eigenvalue weighted by Crippen LogP contribution is 2.25. The normalized spacial score (nSPS) is 16.1. The molecule has 0 bridgehead atoms. The van der Waals surface area contributed by atoms with E-state index in [-0.39, 0.29) is 5.97 Å². The van der Waals surface area contributed by atoms with Gasteiger partial charge in [0.25, 0.3) is 0 Å². The third kappa shape index (κ3) is 2.66. The number of cyclic esters (lactones) is 1. The Kier molecular flexibility index (Phi) is 3.14. The lowest BCUT2D eigenvalue weighted by Gasteiger charge is -2.06. The fourth-order valence-corrected chi connectivity index (χ4v) is 1.49. The van der Waals surface area contributed by atoms with E-state index in [1.807, 2.05) is 12.1 Å². The van der Waals surface area contributed by atoms with Crippen molar-refractivity contribution in [3.63, 3.8) is 0 Å². The van der Waals surface area contributed by atoms with Crippen LogP contribution >= 0.6 is 0 Å². The Labute approximate surface area is 99.1 Å². The maximum Gasteiger partial charge on any atom is 0.336 e. The second-order valence-electron chi connectivity index (χ2n) is 3.45. The molecular formula is C13H12O4. The zero-order valence-corrected chi connectivity index (χ0v) is 9.60. The van der Waals surface area contributed by atoms with Crippen LogP contribution < -0.4 is 9.47 Å². The molecule has 1 aliphatic heterocycles. The van der Waals surface area contributed by atoms with Gasteiger partial charge < -0.3 is 14.2 Å². The molecule has 0 N–H and O–H groups in total. The number of carbonyl (C=O) groups is 1. The summed E-state index contributed by atoms with van der Waals surface area (Å²) in [5.41, 5.74) is 0.843. The number of methoxy groups -OCH3 is 2. The summed E-state index contributed by atoms with van der Waals surface area (Å²) in [4.78, 5) is 10.9. The van der Waals surface area contributed by atoms with Crippen molar-refractivity contribution in [3.8, 4) is 11.5 Å². The number of ether oxygens (including phenoxy) is 3. The van der Waals surface area contributed by atoms with Gasteiger partial charge in [0.2, 0.25) is 0 Å². The first-order chi connectivity index (χ1) is 8.21. The maximum absolute atomic E-state index is 10.9. The Morgan fingerprint density at radius 3 is 2.18 bits per heavy atom. The lowest BCUT2D eigenvalue weighted by Crippen LogP contribution is -1.91. The molecule has 0 unspecified atom stereocenters. The van der Waals surface area contributed by atoms with E-state index >= 15 is 0 Å². The summed E-state index contributed by atoms with van der Waals surface area (Å²) in [7, 11) is 3.17. The molecule has 0 atom stereocenters. The molecule has 4 nitrogen and oxygen atoms in total. The van der Waals surface area contributed by atoms with Crippen LogP contribution in [0.3, 0.4) is 0 Å². The lowest BCUT2D eigenvalue weighted by atomic mass is 10.1. The SMILES string of the molecule is COc1cc(C=C2C=CC(=O)O2)cc(OC)c1. The number of hydrogen-bond donors (Lipinski definition) is 0. The Hall–Kier alpha value is -2.23. The van der Waals surface area contributed by atoms with Crippen molar-refractivity contribution in [2.24, 2.45) is 0 Å². The van der Waals surface area contributed by atoms with E-state index in [0.29, 0.717) is 17.3 Å². The molecule has 17 heavy (non-hydrogen) atoms. The molecule has 1 aromatic rings. The minimum atomic E-state index is -0.355. The smallest absolute Gasteiger partial charge is 0.336 e. The number of esters is 1. The summed E-state index contributed by atoms with van der Waals surface area (Å²) >= 11 is 0. The first kappa shape index (κ1) is 11.3. The van der Waals surface area contributed by atoms with Crippen LogP contribution in [0.5, 0.6) is 11.5 Å². The van der Waals surface area contributed by atoms with Gasteiger partial charge >= 0.3 is 5.97 Å². The van der Waals surface area contributed by atoms with Crippen LogP contribution in [-0.2, 0) is 9.53 Å². The van der Waals surface area contributed by atoms with Crippen LogP contribution in [0.15, 0.2) is 36.1 Å². The van der Waals surface area contributed by atoms with Gasteiger partial charge in [-0.05, 0) is 29.8 Å². The lowest BCUT2D eigenvalue weighted by molar-refractivity contribution is -0.132. The van der Waals surface area contributed by atoms with E-state index in [9.17, 15) is 4.79 Å². The highest BCUT2D eigenvalue weighted by Gasteiger charge is 2.09. The largest absolute Gasteiger partial charge is 0.497 e. The standard InChI is InChI=1S/C13H12O4/c1-15-11-6-9(7-12(8-11)16-2)5-10-3-4-13(14)17-10/h3-8H,1-2H3. The minimum Gasteiger partial charge on any atom is -0.497 e. The molecule has 0 saturated carbocycles. The second kappa shape index (κ2) is 4.74. The van der Waals surface area contributed by atoms with Crippen molar-refractivity contribution in [1.82, 2.24) is 0 Å². The van der Waals surface area contributed by atoms with E-state index in [4.69, 9.17) is 14.2 Å². The van der Waals surface area contributed by atoms with E-state index < -0.39 is 0 Å². The average Bonchev–Trinajstić information content (AvgIpc) is 2.74. The maximum atomic E-state index is 10.9. The molecule has 2 rings (SSSR count). The van der Waals surface area contributed by atoms with Gasteiger partial charge in [-0.2, -0.15) is 0 Å². The molecule has 1 heterocycles. The summed E-state index contributed by atoms with van der Waals surface area (Å²) in [5, 5.41) is 0. The number of allylic oxidation sites excluding steroid dienone is 1. The molecule has 0 radical (unpaired) electrons. The predicted molar refractivity (Wildman–Crippen MR) is 62.8 cm³/mol. The monoisotopic (exact) mass is 232 g/mol. The average molecular weight is 232 g/mol. The molecular weight excluding hydrogens is 220 g/mol. The van der Waals surface area contributed by atoms with E-state index in [0.717, 1.165) is 5.56 Å². The van der Waals surface area contributed by atoms with Crippen molar-refractivity contribution >= 4 is 12.0 Å². The highest BCUT2D eigenvalue weighted by atomic mass is 16.5. The number of benzene rings is 1. The summed E-state index contributed by atoms with van der Waals surface area (Å²) in [6.07, 6.45) is 4.74. The minimum absolute atomic E-state index is 0.355. The van der Waals surface area contributed by atoms with Crippen LogP contribution in [0.4, 0.5) is 0 Å². The van der Waals surface area contributed by atoms with Crippen molar-refractivity contribution in [1.29, 1.82) is 0 Å². The zero-order chi connectivity index (χ0) is 12.3. The van der Waals surface area contributed by atoms with Gasteiger partial charge in [0, 0.05) is 12.1 Å². The summed E-state index contributed by atoms with van der Waals surface area (Å²) < 4.78 is 15.2. The summed E-state index contributed by atoms with van der Waals surface area (Å²) in [6, 6.07) is 5.43. The fourth-order valence-electron chi connectivity index (χ4n) is 1.49. The summed E-state index contributed by atoms with van der Waals surface area (Å²) in [5.74, 6) is 1.52. The van der Waals surface area contributed by atoms with Crippen molar-refractivity contribution < 1.29 is 19.0 Å². The quantitative estimate of drug-likeness (QED) is 0.749. The third-order valence-corrected chi connectivity index (χ3v) is 2.28. The van der Waals surface area contributed by atoms with Crippen LogP contribution in [0.1, 0.15) is 5.56 Å². The van der Waals surface area contributed by atoms with Gasteiger partial charge in [0.15, 0.2) is 0 Å². The summed E-state index contributed by atoms with van der Waals surface area (Å²) in [6.45, 7) is 0. The number of carbonyl (C=O) groups excluding carboxylic acids is 1. The predicted octanol–water partition coefficient (Wildman–Crippen LogP) is 2.16. The van der Waals surface area contributed by atoms with E-state index in [1.165, 1.54) is 6.08 Å². The Morgan fingerprint density at radius 2 is 1.71 bits per heavy atom. The van der Waals surface area contributed by atoms with Gasteiger partial charge in [-0.15, -0.1) is 0 Å². The van der Waals surface area contributed by atoms with Crippen LogP contribution in [0.2, 0.25) is 0 Å². The van der Waals surface area contributed by atoms with Crippen molar-refractivity contribution in [3.05, 3.63) is 41.7 Å². The first-order valence-corrected chi connectivity index (χ1v) is 5.06. The van der Waals surface area contributed by atoms with Gasteiger partial charge in [0.1, 0.15) is 17.3 Å². The van der Waals surface area contributed by atoms with E-state index in [1.54, 1.807) is 32.4 Å². The fraction of sp³-hybridized carbons (Fsp3) is 0.154. The molecule has 0 fully saturated rings. The second-order valence-corrected chi connectivity index (χ2v) is 3.45. The molecule has 0 saturated heterocycles. The van der Waals surface area contributed by atoms with Crippen LogP contribution in [-0.4, -0.2) is 20.2 Å². The molecule has 1 aromatic carbocycles. The molecule has 0 aromatic heterocycles. The van der Waals surface area contributed by atoms with Crippen molar-refractivity contribution in [2.45, 2.75) is 0 Å². The van der Waals surface area contributed by atoms with Gasteiger partial charge in [0.05, 0.1) is 14.2 Å². The Morgan fingerprint density at radius 1 is 1.06 bits per heavy atom. The molecule has 88 valence electrons. The van der Waals surface area contributed by atoms with Crippen molar-refractivity contribution in [2.75, 3.05) is 14.2 Å². The van der Waals surface area contributed by atoms with Gasteiger partial charge in [-0.3, -0.25) is 0 Å². The van der Waals surface area contributed by atoms with Crippen LogP contribution in [0.25, 0.3) is 6.08 Å². The van der Waals surface area contributed by atoms with Gasteiger partial charge in [-0.25, -0.2) is 4.79 Å². The molecule has 0 amide bonds. The molecule has 0 aliphatic carbocycles. The number of hydrogen-bond acceptors (Lipinski definition) is 4. The molecule has 1 aliphatic rings.